The highest BCUT2D eigenvalue weighted by Crippen LogP contribution is 2.42. The van der Waals surface area contributed by atoms with Gasteiger partial charge in [0.05, 0.1) is 0 Å². The molecule has 0 heterocycles. The summed E-state index contributed by atoms with van der Waals surface area (Å²) >= 11 is 0. The molecule has 20 heavy (non-hydrogen) atoms. The molecule has 0 aromatic heterocycles. The van der Waals surface area contributed by atoms with E-state index in [0.717, 1.165) is 27.8 Å². The number of anilines is 1. The molecule has 0 amide bonds. The summed E-state index contributed by atoms with van der Waals surface area (Å²) in [7, 11) is 0. The first-order valence-electron chi connectivity index (χ1n) is 6.56. The van der Waals surface area contributed by atoms with Gasteiger partial charge in [-0.1, -0.05) is 24.3 Å². The number of benzene rings is 2. The normalized spacial score (nSPS) is 11.9. The van der Waals surface area contributed by atoms with E-state index in [4.69, 9.17) is 5.73 Å². The van der Waals surface area contributed by atoms with Gasteiger partial charge >= 0.3 is 0 Å². The van der Waals surface area contributed by atoms with E-state index in [0.29, 0.717) is 17.7 Å². The van der Waals surface area contributed by atoms with Crippen molar-refractivity contribution in [3.05, 3.63) is 52.6 Å². The van der Waals surface area contributed by atoms with Crippen molar-refractivity contribution in [2.45, 2.75) is 20.3 Å². The summed E-state index contributed by atoms with van der Waals surface area (Å²) < 4.78 is 0. The first kappa shape index (κ1) is 12.6. The standard InChI is InChI=1S/C17H15NO2/c1-9(19)12-5-3-4-11-8-15-14(16(11)12)7-6-13(10(2)20)17(15)18/h3-7H,8,18H2,1-2H3. The average Bonchev–Trinajstić information content (AvgIpc) is 2.78. The van der Waals surface area contributed by atoms with E-state index in [1.54, 1.807) is 13.0 Å². The van der Waals surface area contributed by atoms with Crippen molar-refractivity contribution in [1.82, 2.24) is 0 Å². The number of hydrogen-bond acceptors (Lipinski definition) is 3. The molecular formula is C17H15NO2. The summed E-state index contributed by atoms with van der Waals surface area (Å²) in [6.07, 6.45) is 0.679. The quantitative estimate of drug-likeness (QED) is 0.571. The molecule has 0 radical (unpaired) electrons. The molecule has 2 N–H and O–H groups in total. The van der Waals surface area contributed by atoms with Crippen molar-refractivity contribution in [3.63, 3.8) is 0 Å². The molecular weight excluding hydrogens is 250 g/mol. The van der Waals surface area contributed by atoms with Gasteiger partial charge in [-0.2, -0.15) is 0 Å². The van der Waals surface area contributed by atoms with Gasteiger partial charge in [-0.25, -0.2) is 0 Å². The smallest absolute Gasteiger partial charge is 0.161 e. The van der Waals surface area contributed by atoms with Gasteiger partial charge in [0.1, 0.15) is 0 Å². The van der Waals surface area contributed by atoms with Crippen LogP contribution in [0.4, 0.5) is 5.69 Å². The van der Waals surface area contributed by atoms with Crippen LogP contribution in [-0.4, -0.2) is 11.6 Å². The zero-order chi connectivity index (χ0) is 14.4. The van der Waals surface area contributed by atoms with Crippen LogP contribution in [0, 0.1) is 0 Å². The molecule has 0 atom stereocenters. The maximum absolute atomic E-state index is 11.8. The van der Waals surface area contributed by atoms with Gasteiger partial charge in [0, 0.05) is 23.2 Å². The lowest BCUT2D eigenvalue weighted by Gasteiger charge is -2.09. The van der Waals surface area contributed by atoms with E-state index >= 15 is 0 Å². The molecule has 0 spiro atoms. The summed E-state index contributed by atoms with van der Waals surface area (Å²) in [5.41, 5.74) is 12.0. The molecule has 3 heteroatoms. The van der Waals surface area contributed by atoms with E-state index in [1.807, 2.05) is 24.3 Å². The van der Waals surface area contributed by atoms with E-state index in [1.165, 1.54) is 6.92 Å². The third kappa shape index (κ3) is 1.67. The van der Waals surface area contributed by atoms with Crippen LogP contribution in [0.2, 0.25) is 0 Å². The second-order valence-corrected chi connectivity index (χ2v) is 5.18. The molecule has 100 valence electrons. The Morgan fingerprint density at radius 2 is 1.70 bits per heavy atom. The van der Waals surface area contributed by atoms with Crippen molar-refractivity contribution < 1.29 is 9.59 Å². The molecule has 2 aromatic rings. The maximum atomic E-state index is 11.8. The van der Waals surface area contributed by atoms with Crippen LogP contribution in [0.25, 0.3) is 11.1 Å². The Kier molecular flexibility index (Phi) is 2.71. The fraction of sp³-hybridized carbons (Fsp3) is 0.176. The van der Waals surface area contributed by atoms with Gasteiger partial charge in [-0.3, -0.25) is 9.59 Å². The first-order chi connectivity index (χ1) is 9.50. The number of carbonyl (C=O) groups is 2. The van der Waals surface area contributed by atoms with Crippen molar-refractivity contribution >= 4 is 17.3 Å². The molecule has 0 saturated heterocycles. The molecule has 1 aliphatic carbocycles. The fourth-order valence-electron chi connectivity index (χ4n) is 2.95. The Labute approximate surface area is 117 Å². The molecule has 0 saturated carbocycles. The second kappa shape index (κ2) is 4.30. The summed E-state index contributed by atoms with van der Waals surface area (Å²) in [6, 6.07) is 9.40. The van der Waals surface area contributed by atoms with Gasteiger partial charge in [0.2, 0.25) is 0 Å². The Morgan fingerprint density at radius 1 is 1.00 bits per heavy atom. The highest BCUT2D eigenvalue weighted by Gasteiger charge is 2.26. The lowest BCUT2D eigenvalue weighted by Crippen LogP contribution is -2.03. The topological polar surface area (TPSA) is 60.2 Å². The molecule has 3 nitrogen and oxygen atoms in total. The van der Waals surface area contributed by atoms with Gasteiger partial charge in [0.15, 0.2) is 11.6 Å². The monoisotopic (exact) mass is 265 g/mol. The van der Waals surface area contributed by atoms with Gasteiger partial charge < -0.3 is 5.73 Å². The Bertz CT molecular complexity index is 760. The van der Waals surface area contributed by atoms with Gasteiger partial charge in [-0.05, 0) is 42.2 Å². The molecule has 3 rings (SSSR count). The minimum absolute atomic E-state index is 0.0342. The molecule has 0 fully saturated rings. The number of Topliss-reactive ketones (excluding diaryl/α,β-unsaturated/α-hetero) is 2. The number of hydrogen-bond donors (Lipinski definition) is 1. The number of rotatable bonds is 2. The van der Waals surface area contributed by atoms with Crippen molar-refractivity contribution in [2.24, 2.45) is 0 Å². The molecule has 1 aliphatic rings. The van der Waals surface area contributed by atoms with Crippen LogP contribution in [0.5, 0.6) is 0 Å². The number of nitrogens with two attached hydrogens (primary N) is 1. The van der Waals surface area contributed by atoms with Crippen molar-refractivity contribution in [3.8, 4) is 11.1 Å². The summed E-state index contributed by atoms with van der Waals surface area (Å²) in [5.74, 6) is 0.0111. The molecule has 0 aliphatic heterocycles. The molecule has 2 aromatic carbocycles. The van der Waals surface area contributed by atoms with Crippen molar-refractivity contribution in [1.29, 1.82) is 0 Å². The third-order valence-corrected chi connectivity index (χ3v) is 3.90. The summed E-state index contributed by atoms with van der Waals surface area (Å²) in [5, 5.41) is 0. The van der Waals surface area contributed by atoms with Crippen molar-refractivity contribution in [2.75, 3.05) is 5.73 Å². The van der Waals surface area contributed by atoms with Crippen LogP contribution in [-0.2, 0) is 6.42 Å². The largest absolute Gasteiger partial charge is 0.398 e. The highest BCUT2D eigenvalue weighted by molar-refractivity contribution is 6.06. The molecule has 0 unspecified atom stereocenters. The lowest BCUT2D eigenvalue weighted by atomic mass is 9.95. The number of carbonyl (C=O) groups excluding carboxylic acids is 2. The number of nitrogen functional groups attached to an aromatic ring is 1. The van der Waals surface area contributed by atoms with Crippen LogP contribution in [0.3, 0.4) is 0 Å². The minimum atomic E-state index is -0.0342. The van der Waals surface area contributed by atoms with E-state index in [9.17, 15) is 9.59 Å². The van der Waals surface area contributed by atoms with Crippen LogP contribution in [0.15, 0.2) is 30.3 Å². The van der Waals surface area contributed by atoms with E-state index in [-0.39, 0.29) is 11.6 Å². The Balaban J connectivity index is 2.29. The summed E-state index contributed by atoms with van der Waals surface area (Å²) in [4.78, 5) is 23.4. The summed E-state index contributed by atoms with van der Waals surface area (Å²) in [6.45, 7) is 3.09. The van der Waals surface area contributed by atoms with E-state index < -0.39 is 0 Å². The predicted octanol–water partition coefficient (Wildman–Crippen LogP) is 3.25. The first-order valence-corrected chi connectivity index (χ1v) is 6.56. The van der Waals surface area contributed by atoms with Gasteiger partial charge in [-0.15, -0.1) is 0 Å². The number of ketones is 2. The lowest BCUT2D eigenvalue weighted by molar-refractivity contribution is 0.101. The minimum Gasteiger partial charge on any atom is -0.398 e. The fourth-order valence-corrected chi connectivity index (χ4v) is 2.95. The Hall–Kier alpha value is -2.42. The zero-order valence-electron chi connectivity index (χ0n) is 11.5. The van der Waals surface area contributed by atoms with Crippen LogP contribution >= 0.6 is 0 Å². The highest BCUT2D eigenvalue weighted by atomic mass is 16.1. The van der Waals surface area contributed by atoms with Crippen LogP contribution < -0.4 is 5.73 Å². The predicted molar refractivity (Wildman–Crippen MR) is 79.1 cm³/mol. The molecule has 0 bridgehead atoms. The SMILES string of the molecule is CC(=O)c1ccc2c(c1N)Cc1cccc(C(C)=O)c1-2. The van der Waals surface area contributed by atoms with Gasteiger partial charge in [0.25, 0.3) is 0 Å². The average molecular weight is 265 g/mol. The third-order valence-electron chi connectivity index (χ3n) is 3.90. The number of fused-ring (bicyclic) bond motifs is 3. The van der Waals surface area contributed by atoms with Crippen LogP contribution in [0.1, 0.15) is 45.7 Å². The zero-order valence-corrected chi connectivity index (χ0v) is 11.5. The maximum Gasteiger partial charge on any atom is 0.161 e. The Morgan fingerprint density at radius 3 is 2.35 bits per heavy atom. The second-order valence-electron chi connectivity index (χ2n) is 5.18. The van der Waals surface area contributed by atoms with E-state index in [2.05, 4.69) is 0 Å².